The number of nitrogens with zero attached hydrogens (tertiary/aromatic N) is 1. The maximum absolute atomic E-state index is 12.0. The van der Waals surface area contributed by atoms with Gasteiger partial charge in [0.2, 0.25) is 0 Å². The molecule has 0 spiro atoms. The van der Waals surface area contributed by atoms with E-state index in [1.807, 2.05) is 24.3 Å². The highest BCUT2D eigenvalue weighted by atomic mass is 16.5. The molecule has 1 aromatic rings. The van der Waals surface area contributed by atoms with Gasteiger partial charge in [-0.1, -0.05) is 24.3 Å². The molecule has 0 radical (unpaired) electrons. The monoisotopic (exact) mass is 278 g/mol. The minimum absolute atomic E-state index is 0.110. The Labute approximate surface area is 119 Å². The molecule has 1 aliphatic rings. The quantitative estimate of drug-likeness (QED) is 0.877. The summed E-state index contributed by atoms with van der Waals surface area (Å²) in [5.74, 6) is 0. The zero-order valence-corrected chi connectivity index (χ0v) is 11.8. The summed E-state index contributed by atoms with van der Waals surface area (Å²) in [6.45, 7) is 2.20. The molecule has 1 aromatic carbocycles. The lowest BCUT2D eigenvalue weighted by Crippen LogP contribution is -2.46. The predicted octanol–water partition coefficient (Wildman–Crippen LogP) is 1.50. The molecule has 1 aliphatic heterocycles. The van der Waals surface area contributed by atoms with Crippen LogP contribution in [-0.4, -0.2) is 42.3 Å². The van der Waals surface area contributed by atoms with Crippen LogP contribution in [-0.2, 0) is 17.9 Å². The van der Waals surface area contributed by atoms with Crippen LogP contribution in [0.4, 0.5) is 4.79 Å². The van der Waals surface area contributed by atoms with Crippen molar-refractivity contribution in [1.29, 1.82) is 0 Å². The first-order chi connectivity index (χ1) is 9.69. The summed E-state index contributed by atoms with van der Waals surface area (Å²) in [6, 6.07) is 7.84. The van der Waals surface area contributed by atoms with Gasteiger partial charge in [-0.05, 0) is 24.0 Å². The molecule has 1 atom stereocenters. The minimum atomic E-state index is -0.389. The van der Waals surface area contributed by atoms with E-state index in [0.717, 1.165) is 24.0 Å². The number of aliphatic hydroxyl groups excluding tert-OH is 1. The van der Waals surface area contributed by atoms with Crippen molar-refractivity contribution in [3.8, 4) is 0 Å². The Hall–Kier alpha value is -1.59. The number of β-amino-alcohol motifs (C(OH)–C–C–N with tert-alkyl or cyclic N) is 1. The molecule has 2 rings (SSSR count). The van der Waals surface area contributed by atoms with E-state index in [1.165, 1.54) is 0 Å². The summed E-state index contributed by atoms with van der Waals surface area (Å²) < 4.78 is 5.09. The predicted molar refractivity (Wildman–Crippen MR) is 76.2 cm³/mol. The molecule has 5 nitrogen and oxygen atoms in total. The summed E-state index contributed by atoms with van der Waals surface area (Å²) in [7, 11) is 1.66. The van der Waals surface area contributed by atoms with E-state index in [0.29, 0.717) is 26.2 Å². The third-order valence-corrected chi connectivity index (χ3v) is 3.43. The number of rotatable bonds is 4. The molecular weight excluding hydrogens is 256 g/mol. The second kappa shape index (κ2) is 7.26. The molecule has 0 aliphatic carbocycles. The normalized spacial score (nSPS) is 18.9. The van der Waals surface area contributed by atoms with Crippen LogP contribution in [0.15, 0.2) is 24.3 Å². The van der Waals surface area contributed by atoms with Crippen molar-refractivity contribution in [2.45, 2.75) is 32.1 Å². The number of urea groups is 1. The van der Waals surface area contributed by atoms with Crippen molar-refractivity contribution in [2.75, 3.05) is 20.2 Å². The lowest BCUT2D eigenvalue weighted by Gasteiger charge is -2.30. The van der Waals surface area contributed by atoms with Crippen molar-refractivity contribution in [2.24, 2.45) is 0 Å². The van der Waals surface area contributed by atoms with Crippen molar-refractivity contribution >= 4 is 6.03 Å². The summed E-state index contributed by atoms with van der Waals surface area (Å²) in [5.41, 5.74) is 2.14. The molecule has 110 valence electrons. The highest BCUT2D eigenvalue weighted by Gasteiger charge is 2.21. The first-order valence-corrected chi connectivity index (χ1v) is 6.96. The topological polar surface area (TPSA) is 61.8 Å². The molecule has 20 heavy (non-hydrogen) atoms. The summed E-state index contributed by atoms with van der Waals surface area (Å²) in [6.07, 6.45) is 1.25. The highest BCUT2D eigenvalue weighted by Crippen LogP contribution is 2.10. The van der Waals surface area contributed by atoms with Crippen molar-refractivity contribution in [1.82, 2.24) is 10.2 Å². The second-order valence-corrected chi connectivity index (χ2v) is 5.15. The first kappa shape index (κ1) is 14.8. The molecule has 1 fully saturated rings. The lowest BCUT2D eigenvalue weighted by molar-refractivity contribution is 0.0842. The molecule has 0 aromatic heterocycles. The molecule has 0 saturated carbocycles. The number of hydrogen-bond donors (Lipinski definition) is 2. The van der Waals surface area contributed by atoms with Crippen LogP contribution in [0.3, 0.4) is 0 Å². The van der Waals surface area contributed by atoms with E-state index in [-0.39, 0.29) is 12.1 Å². The molecule has 1 heterocycles. The van der Waals surface area contributed by atoms with Crippen LogP contribution in [0.1, 0.15) is 24.0 Å². The van der Waals surface area contributed by atoms with Crippen LogP contribution in [0.5, 0.6) is 0 Å². The van der Waals surface area contributed by atoms with E-state index in [1.54, 1.807) is 12.0 Å². The standard InChI is InChI=1S/C15H22N2O3/c1-20-11-13-5-2-4-12(8-13)9-16-15(19)17-7-3-6-14(18)10-17/h2,4-5,8,14,18H,3,6-7,9-11H2,1H3,(H,16,19). The highest BCUT2D eigenvalue weighted by molar-refractivity contribution is 5.74. The maximum atomic E-state index is 12.0. The van der Waals surface area contributed by atoms with E-state index in [4.69, 9.17) is 4.74 Å². The fraction of sp³-hybridized carbons (Fsp3) is 0.533. The van der Waals surface area contributed by atoms with Gasteiger partial charge in [-0.2, -0.15) is 0 Å². The summed E-state index contributed by atoms with van der Waals surface area (Å²) in [5, 5.41) is 12.5. The Balaban J connectivity index is 1.85. The Bertz CT molecular complexity index is 450. The molecular formula is C15H22N2O3. The Morgan fingerprint density at radius 3 is 3.05 bits per heavy atom. The van der Waals surface area contributed by atoms with Crippen molar-refractivity contribution in [3.05, 3.63) is 35.4 Å². The number of aliphatic hydroxyl groups is 1. The van der Waals surface area contributed by atoms with Gasteiger partial charge in [0.05, 0.1) is 12.7 Å². The van der Waals surface area contributed by atoms with Gasteiger partial charge in [0.15, 0.2) is 0 Å². The number of hydrogen-bond acceptors (Lipinski definition) is 3. The average molecular weight is 278 g/mol. The van der Waals surface area contributed by atoms with Crippen LogP contribution in [0.25, 0.3) is 0 Å². The van der Waals surface area contributed by atoms with Crippen LogP contribution in [0.2, 0.25) is 0 Å². The maximum Gasteiger partial charge on any atom is 0.317 e. The number of likely N-dealkylation sites (tertiary alicyclic amines) is 1. The fourth-order valence-electron chi connectivity index (χ4n) is 2.42. The zero-order valence-electron chi connectivity index (χ0n) is 11.8. The molecule has 1 unspecified atom stereocenters. The number of benzene rings is 1. The van der Waals surface area contributed by atoms with E-state index < -0.39 is 0 Å². The Morgan fingerprint density at radius 1 is 1.50 bits per heavy atom. The molecule has 2 amide bonds. The zero-order chi connectivity index (χ0) is 14.4. The largest absolute Gasteiger partial charge is 0.391 e. The SMILES string of the molecule is COCc1cccc(CNC(=O)N2CCCC(O)C2)c1. The van der Waals surface area contributed by atoms with Gasteiger partial charge < -0.3 is 20.1 Å². The van der Waals surface area contributed by atoms with Crippen molar-refractivity contribution in [3.63, 3.8) is 0 Å². The summed E-state index contributed by atoms with van der Waals surface area (Å²) in [4.78, 5) is 13.7. The van der Waals surface area contributed by atoms with Crippen LogP contribution >= 0.6 is 0 Å². The van der Waals surface area contributed by atoms with Gasteiger partial charge in [0.25, 0.3) is 0 Å². The van der Waals surface area contributed by atoms with Gasteiger partial charge in [-0.3, -0.25) is 0 Å². The fourth-order valence-corrected chi connectivity index (χ4v) is 2.42. The lowest BCUT2D eigenvalue weighted by atomic mass is 10.1. The number of carbonyl (C=O) groups excluding carboxylic acids is 1. The van der Waals surface area contributed by atoms with Crippen molar-refractivity contribution < 1.29 is 14.6 Å². The van der Waals surface area contributed by atoms with Crippen LogP contribution < -0.4 is 5.32 Å². The van der Waals surface area contributed by atoms with E-state index in [9.17, 15) is 9.90 Å². The molecule has 2 N–H and O–H groups in total. The molecule has 0 bridgehead atoms. The third kappa shape index (κ3) is 4.21. The van der Waals surface area contributed by atoms with Crippen LogP contribution in [0, 0.1) is 0 Å². The smallest absolute Gasteiger partial charge is 0.317 e. The van der Waals surface area contributed by atoms with Gasteiger partial charge in [0.1, 0.15) is 0 Å². The Morgan fingerprint density at radius 2 is 2.30 bits per heavy atom. The molecule has 5 heteroatoms. The number of carbonyl (C=O) groups is 1. The van der Waals surface area contributed by atoms with E-state index >= 15 is 0 Å². The number of methoxy groups -OCH3 is 1. The van der Waals surface area contributed by atoms with Gasteiger partial charge in [0, 0.05) is 26.7 Å². The first-order valence-electron chi connectivity index (χ1n) is 6.96. The van der Waals surface area contributed by atoms with Gasteiger partial charge in [-0.15, -0.1) is 0 Å². The van der Waals surface area contributed by atoms with Gasteiger partial charge >= 0.3 is 6.03 Å². The Kier molecular flexibility index (Phi) is 5.38. The molecule has 1 saturated heterocycles. The summed E-state index contributed by atoms with van der Waals surface area (Å²) >= 11 is 0. The minimum Gasteiger partial charge on any atom is -0.391 e. The third-order valence-electron chi connectivity index (χ3n) is 3.43. The van der Waals surface area contributed by atoms with Gasteiger partial charge in [-0.25, -0.2) is 4.79 Å². The number of piperidine rings is 1. The van der Waals surface area contributed by atoms with E-state index in [2.05, 4.69) is 5.32 Å². The average Bonchev–Trinajstić information content (AvgIpc) is 2.45. The number of amides is 2. The number of ether oxygens (including phenoxy) is 1. The number of nitrogens with one attached hydrogen (secondary N) is 1. The second-order valence-electron chi connectivity index (χ2n) is 5.15.